The third kappa shape index (κ3) is 3.54. The van der Waals surface area contributed by atoms with E-state index in [-0.39, 0.29) is 10.7 Å². The first-order valence-corrected chi connectivity index (χ1v) is 8.92. The van der Waals surface area contributed by atoms with Crippen LogP contribution >= 0.6 is 28.1 Å². The van der Waals surface area contributed by atoms with Gasteiger partial charge in [-0.05, 0) is 72.7 Å². The summed E-state index contributed by atoms with van der Waals surface area (Å²) in [5, 5.41) is 2.63. The molecule has 2 aromatic carbocycles. The second kappa shape index (κ2) is 7.39. The third-order valence-electron chi connectivity index (χ3n) is 3.92. The zero-order chi connectivity index (χ0) is 18.8. The molecule has 1 fully saturated rings. The van der Waals surface area contributed by atoms with Crippen LogP contribution in [-0.2, 0) is 9.59 Å². The Morgan fingerprint density at radius 1 is 1.15 bits per heavy atom. The van der Waals surface area contributed by atoms with Crippen LogP contribution in [0.3, 0.4) is 0 Å². The number of carbonyl (C=O) groups excluding carboxylic acids is 2. The van der Waals surface area contributed by atoms with Gasteiger partial charge >= 0.3 is 0 Å². The molecule has 0 radical (unpaired) electrons. The first kappa shape index (κ1) is 18.3. The van der Waals surface area contributed by atoms with Gasteiger partial charge < -0.3 is 4.74 Å². The first-order chi connectivity index (χ1) is 12.4. The predicted molar refractivity (Wildman–Crippen MR) is 108 cm³/mol. The number of anilines is 1. The second-order valence-electron chi connectivity index (χ2n) is 5.66. The summed E-state index contributed by atoms with van der Waals surface area (Å²) in [4.78, 5) is 26.5. The lowest BCUT2D eigenvalue weighted by Crippen LogP contribution is -2.54. The van der Waals surface area contributed by atoms with Crippen LogP contribution in [0.5, 0.6) is 5.75 Å². The van der Waals surface area contributed by atoms with Gasteiger partial charge in [0.2, 0.25) is 0 Å². The van der Waals surface area contributed by atoms with Crippen molar-refractivity contribution in [1.82, 2.24) is 5.32 Å². The number of benzene rings is 2. The molecule has 0 atom stereocenters. The summed E-state index contributed by atoms with van der Waals surface area (Å²) in [6.07, 6.45) is 1.55. The van der Waals surface area contributed by atoms with E-state index >= 15 is 0 Å². The number of hydrogen-bond donors (Lipinski definition) is 1. The lowest BCUT2D eigenvalue weighted by molar-refractivity contribution is -0.122. The van der Waals surface area contributed by atoms with E-state index in [1.54, 1.807) is 49.6 Å². The number of thiocarbonyl (C=S) groups is 1. The van der Waals surface area contributed by atoms with E-state index in [0.717, 1.165) is 21.3 Å². The van der Waals surface area contributed by atoms with Crippen LogP contribution in [0.2, 0.25) is 0 Å². The second-order valence-corrected chi connectivity index (χ2v) is 6.97. The van der Waals surface area contributed by atoms with Crippen LogP contribution in [0.15, 0.2) is 52.5 Å². The van der Waals surface area contributed by atoms with E-state index in [9.17, 15) is 9.59 Å². The molecule has 2 amide bonds. The number of nitrogens with zero attached hydrogens (tertiary/aromatic N) is 1. The largest absolute Gasteiger partial charge is 0.496 e. The Bertz CT molecular complexity index is 938. The van der Waals surface area contributed by atoms with Gasteiger partial charge in [-0.1, -0.05) is 22.0 Å². The molecule has 0 bridgehead atoms. The molecule has 5 nitrogen and oxygen atoms in total. The maximum atomic E-state index is 12.9. The quantitative estimate of drug-likeness (QED) is 0.459. The van der Waals surface area contributed by atoms with Crippen LogP contribution in [0, 0.1) is 6.92 Å². The topological polar surface area (TPSA) is 58.6 Å². The van der Waals surface area contributed by atoms with Gasteiger partial charge in [0.1, 0.15) is 11.3 Å². The Labute approximate surface area is 164 Å². The fraction of sp³-hybridized carbons (Fsp3) is 0.105. The molecule has 3 rings (SSSR count). The van der Waals surface area contributed by atoms with Gasteiger partial charge in [-0.2, -0.15) is 0 Å². The Balaban J connectivity index is 1.99. The van der Waals surface area contributed by atoms with E-state index < -0.39 is 11.8 Å². The van der Waals surface area contributed by atoms with Gasteiger partial charge in [-0.3, -0.25) is 19.8 Å². The fourth-order valence-corrected chi connectivity index (χ4v) is 3.19. The molecule has 1 heterocycles. The van der Waals surface area contributed by atoms with Crippen LogP contribution in [0.4, 0.5) is 5.69 Å². The highest BCUT2D eigenvalue weighted by Crippen LogP contribution is 2.25. The van der Waals surface area contributed by atoms with Gasteiger partial charge in [0, 0.05) is 4.47 Å². The molecule has 2 aromatic rings. The highest BCUT2D eigenvalue weighted by molar-refractivity contribution is 9.10. The van der Waals surface area contributed by atoms with E-state index in [1.807, 2.05) is 13.0 Å². The van der Waals surface area contributed by atoms with Gasteiger partial charge in [0.15, 0.2) is 5.11 Å². The highest BCUT2D eigenvalue weighted by Gasteiger charge is 2.34. The van der Waals surface area contributed by atoms with Crippen molar-refractivity contribution in [3.05, 3.63) is 63.6 Å². The van der Waals surface area contributed by atoms with Crippen molar-refractivity contribution in [3.8, 4) is 5.75 Å². The van der Waals surface area contributed by atoms with Crippen molar-refractivity contribution < 1.29 is 14.3 Å². The first-order valence-electron chi connectivity index (χ1n) is 7.72. The summed E-state index contributed by atoms with van der Waals surface area (Å²) in [5.74, 6) is -0.236. The lowest BCUT2D eigenvalue weighted by Gasteiger charge is -2.29. The third-order valence-corrected chi connectivity index (χ3v) is 4.73. The maximum absolute atomic E-state index is 12.9. The van der Waals surface area contributed by atoms with Crippen LogP contribution in [0.1, 0.15) is 11.1 Å². The standard InChI is InChI=1S/C19H15BrN2O3S/c1-11-9-12(3-8-16(11)25-2)10-15-17(23)21-19(26)22(18(15)24)14-6-4-13(20)5-7-14/h3-10H,1-2H3,(H,21,23,26)/b15-10+. The van der Waals surface area contributed by atoms with Crippen molar-refractivity contribution >= 4 is 56.8 Å². The van der Waals surface area contributed by atoms with Crippen LogP contribution in [0.25, 0.3) is 6.08 Å². The van der Waals surface area contributed by atoms with Gasteiger partial charge in [-0.25, -0.2) is 0 Å². The summed E-state index contributed by atoms with van der Waals surface area (Å²) in [7, 11) is 1.59. The van der Waals surface area contributed by atoms with E-state index in [0.29, 0.717) is 5.69 Å². The summed E-state index contributed by atoms with van der Waals surface area (Å²) in [6.45, 7) is 1.90. The SMILES string of the molecule is COc1ccc(/C=C2\C(=O)NC(=S)N(c3ccc(Br)cc3)C2=O)cc1C. The number of ether oxygens (including phenoxy) is 1. The van der Waals surface area contributed by atoms with Crippen molar-refractivity contribution in [2.24, 2.45) is 0 Å². The molecule has 0 spiro atoms. The zero-order valence-electron chi connectivity index (χ0n) is 14.1. The maximum Gasteiger partial charge on any atom is 0.270 e. The van der Waals surface area contributed by atoms with E-state index in [2.05, 4.69) is 21.2 Å². The number of hydrogen-bond acceptors (Lipinski definition) is 4. The fourth-order valence-electron chi connectivity index (χ4n) is 2.64. The molecule has 7 heteroatoms. The minimum absolute atomic E-state index is 0.0195. The molecule has 1 aliphatic heterocycles. The smallest absolute Gasteiger partial charge is 0.270 e. The summed E-state index contributed by atoms with van der Waals surface area (Å²) in [6, 6.07) is 12.5. The summed E-state index contributed by atoms with van der Waals surface area (Å²) >= 11 is 8.54. The number of nitrogens with one attached hydrogen (secondary N) is 1. The summed E-state index contributed by atoms with van der Waals surface area (Å²) < 4.78 is 6.11. The molecule has 0 unspecified atom stereocenters. The van der Waals surface area contributed by atoms with Gasteiger partial charge in [-0.15, -0.1) is 0 Å². The molecule has 1 N–H and O–H groups in total. The monoisotopic (exact) mass is 430 g/mol. The van der Waals surface area contributed by atoms with E-state index in [1.165, 1.54) is 4.90 Å². The molecular weight excluding hydrogens is 416 g/mol. The number of rotatable bonds is 3. The van der Waals surface area contributed by atoms with Crippen molar-refractivity contribution in [2.75, 3.05) is 12.0 Å². The molecular formula is C19H15BrN2O3S. The average Bonchev–Trinajstić information content (AvgIpc) is 2.60. The van der Waals surface area contributed by atoms with Crippen LogP contribution < -0.4 is 15.0 Å². The molecule has 132 valence electrons. The summed E-state index contributed by atoms with van der Waals surface area (Å²) in [5.41, 5.74) is 2.24. The average molecular weight is 431 g/mol. The normalized spacial score (nSPS) is 16.0. The Hall–Kier alpha value is -2.51. The van der Waals surface area contributed by atoms with Crippen molar-refractivity contribution in [2.45, 2.75) is 6.92 Å². The Morgan fingerprint density at radius 3 is 2.46 bits per heavy atom. The number of amides is 2. The van der Waals surface area contributed by atoms with Crippen molar-refractivity contribution in [1.29, 1.82) is 0 Å². The molecule has 0 saturated carbocycles. The molecule has 1 saturated heterocycles. The Kier molecular flexibility index (Phi) is 5.20. The number of carbonyl (C=O) groups is 2. The zero-order valence-corrected chi connectivity index (χ0v) is 16.5. The van der Waals surface area contributed by atoms with Crippen molar-refractivity contribution in [3.63, 3.8) is 0 Å². The lowest BCUT2D eigenvalue weighted by atomic mass is 10.0. The number of halogens is 1. The highest BCUT2D eigenvalue weighted by atomic mass is 79.9. The predicted octanol–water partition coefficient (Wildman–Crippen LogP) is 3.60. The minimum Gasteiger partial charge on any atom is -0.496 e. The van der Waals surface area contributed by atoms with Gasteiger partial charge in [0.25, 0.3) is 11.8 Å². The molecule has 0 aromatic heterocycles. The minimum atomic E-state index is -0.512. The van der Waals surface area contributed by atoms with Crippen LogP contribution in [-0.4, -0.2) is 24.0 Å². The van der Waals surface area contributed by atoms with Gasteiger partial charge in [0.05, 0.1) is 12.8 Å². The molecule has 1 aliphatic rings. The number of methoxy groups -OCH3 is 1. The molecule has 0 aliphatic carbocycles. The molecule has 26 heavy (non-hydrogen) atoms. The Morgan fingerprint density at radius 2 is 1.85 bits per heavy atom. The van der Waals surface area contributed by atoms with E-state index in [4.69, 9.17) is 17.0 Å². The number of aryl methyl sites for hydroxylation is 1.